The lowest BCUT2D eigenvalue weighted by Crippen LogP contribution is -2.13. The maximum atomic E-state index is 9.36. The molecule has 2 N–H and O–H groups in total. The van der Waals surface area contributed by atoms with Gasteiger partial charge in [-0.1, -0.05) is 30.3 Å². The Kier molecular flexibility index (Phi) is 4.78. The van der Waals surface area contributed by atoms with Crippen LogP contribution in [-0.2, 0) is 25.9 Å². The molecule has 0 bridgehead atoms. The Bertz CT molecular complexity index is 1150. The highest BCUT2D eigenvalue weighted by Gasteiger charge is 2.21. The number of aromatic amines is 1. The van der Waals surface area contributed by atoms with Crippen LogP contribution in [-0.4, -0.2) is 21.6 Å². The molecule has 0 aliphatic carbocycles. The summed E-state index contributed by atoms with van der Waals surface area (Å²) in [6.45, 7) is 0.951. The molecule has 0 fully saturated rings. The highest BCUT2D eigenvalue weighted by atomic mass is 16.3. The van der Waals surface area contributed by atoms with Crippen molar-refractivity contribution in [3.8, 4) is 0 Å². The van der Waals surface area contributed by atoms with Crippen LogP contribution in [0.15, 0.2) is 67.0 Å². The van der Waals surface area contributed by atoms with Gasteiger partial charge in [0.05, 0.1) is 12.3 Å². The van der Waals surface area contributed by atoms with E-state index in [9.17, 15) is 5.11 Å². The predicted octanol–water partition coefficient (Wildman–Crippen LogP) is 4.92. The van der Waals surface area contributed by atoms with Gasteiger partial charge >= 0.3 is 0 Å². The molecule has 5 rings (SSSR count). The normalized spacial score (nSPS) is 13.2. The van der Waals surface area contributed by atoms with Crippen molar-refractivity contribution in [3.05, 3.63) is 89.4 Å². The Balaban J connectivity index is 1.27. The van der Waals surface area contributed by atoms with Crippen LogP contribution in [0, 0.1) is 0 Å². The number of pyridine rings is 1. The monoisotopic (exact) mass is 383 g/mol. The summed E-state index contributed by atoms with van der Waals surface area (Å²) in [5.74, 6) is 0. The summed E-state index contributed by atoms with van der Waals surface area (Å²) < 4.78 is 0. The third-order valence-electron chi connectivity index (χ3n) is 5.90. The lowest BCUT2D eigenvalue weighted by Gasteiger charge is -2.20. The first-order valence-corrected chi connectivity index (χ1v) is 10.3. The van der Waals surface area contributed by atoms with Crippen LogP contribution >= 0.6 is 0 Å². The number of hydrogen-bond donors (Lipinski definition) is 2. The first-order chi connectivity index (χ1) is 14.3. The van der Waals surface area contributed by atoms with Crippen LogP contribution in [0.2, 0.25) is 0 Å². The molecule has 0 saturated carbocycles. The number of fused-ring (bicyclic) bond motifs is 2. The van der Waals surface area contributed by atoms with Gasteiger partial charge in [-0.2, -0.15) is 0 Å². The number of para-hydroxylation sites is 1. The predicted molar refractivity (Wildman–Crippen MR) is 118 cm³/mol. The van der Waals surface area contributed by atoms with Gasteiger partial charge in [-0.05, 0) is 66.6 Å². The van der Waals surface area contributed by atoms with Gasteiger partial charge in [-0.25, -0.2) is 0 Å². The van der Waals surface area contributed by atoms with Crippen LogP contribution < -0.4 is 4.90 Å². The number of benzene rings is 2. The molecule has 0 atom stereocenters. The molecule has 4 nitrogen and oxygen atoms in total. The minimum atomic E-state index is -0.0239. The van der Waals surface area contributed by atoms with Gasteiger partial charge in [0.25, 0.3) is 0 Å². The smallest absolute Gasteiger partial charge is 0.0853 e. The van der Waals surface area contributed by atoms with E-state index in [-0.39, 0.29) is 6.61 Å². The van der Waals surface area contributed by atoms with Crippen LogP contribution in [0.4, 0.5) is 11.4 Å². The van der Waals surface area contributed by atoms with E-state index in [4.69, 9.17) is 0 Å². The molecule has 1 aliphatic heterocycles. The van der Waals surface area contributed by atoms with E-state index in [2.05, 4.69) is 63.5 Å². The number of aliphatic hydroxyl groups excluding tert-OH is 1. The highest BCUT2D eigenvalue weighted by molar-refractivity contribution is 5.83. The number of nitrogens with zero attached hydrogens (tertiary/aromatic N) is 2. The van der Waals surface area contributed by atoms with Crippen molar-refractivity contribution in [2.75, 3.05) is 11.4 Å². The molecule has 4 aromatic rings. The van der Waals surface area contributed by atoms with E-state index in [1.807, 2.05) is 12.1 Å². The van der Waals surface area contributed by atoms with Gasteiger partial charge in [0.15, 0.2) is 0 Å². The van der Waals surface area contributed by atoms with Crippen LogP contribution in [0.25, 0.3) is 10.9 Å². The average Bonchev–Trinajstić information content (AvgIpc) is 3.38. The first-order valence-electron chi connectivity index (χ1n) is 10.3. The number of rotatable bonds is 6. The summed E-state index contributed by atoms with van der Waals surface area (Å²) in [5.41, 5.74) is 8.55. The molecular formula is C25H25N3O. The third kappa shape index (κ3) is 3.52. The minimum Gasteiger partial charge on any atom is -0.390 e. The number of aryl methyl sites for hydroxylation is 2. The molecular weight excluding hydrogens is 358 g/mol. The maximum absolute atomic E-state index is 9.36. The summed E-state index contributed by atoms with van der Waals surface area (Å²) in [6.07, 6.45) is 8.32. The Morgan fingerprint density at radius 2 is 1.97 bits per heavy atom. The second kappa shape index (κ2) is 7.72. The average molecular weight is 383 g/mol. The molecule has 29 heavy (non-hydrogen) atoms. The zero-order valence-corrected chi connectivity index (χ0v) is 16.4. The van der Waals surface area contributed by atoms with E-state index < -0.39 is 0 Å². The van der Waals surface area contributed by atoms with E-state index >= 15 is 0 Å². The van der Waals surface area contributed by atoms with Gasteiger partial charge in [0.1, 0.15) is 0 Å². The SMILES string of the molecule is OCc1cc(N2CCc3cc(CCCc4c[nH]c5ccccc45)ccc32)ccn1. The van der Waals surface area contributed by atoms with Gasteiger partial charge in [-0.15, -0.1) is 0 Å². The molecule has 0 unspecified atom stereocenters. The van der Waals surface area contributed by atoms with Crippen molar-refractivity contribution in [1.82, 2.24) is 9.97 Å². The largest absolute Gasteiger partial charge is 0.390 e. The summed E-state index contributed by atoms with van der Waals surface area (Å²) in [4.78, 5) is 9.89. The number of nitrogens with one attached hydrogen (secondary N) is 1. The summed E-state index contributed by atoms with van der Waals surface area (Å²) in [5, 5.41) is 10.7. The molecule has 2 aromatic carbocycles. The Morgan fingerprint density at radius 1 is 1.03 bits per heavy atom. The van der Waals surface area contributed by atoms with Gasteiger partial charge in [0, 0.05) is 41.2 Å². The van der Waals surface area contributed by atoms with Crippen molar-refractivity contribution < 1.29 is 5.11 Å². The number of aromatic nitrogens is 2. The van der Waals surface area contributed by atoms with Crippen molar-refractivity contribution in [2.24, 2.45) is 0 Å². The number of aliphatic hydroxyl groups is 1. The van der Waals surface area contributed by atoms with E-state index in [1.54, 1.807) is 6.20 Å². The molecule has 3 heterocycles. The fraction of sp³-hybridized carbons (Fsp3) is 0.240. The summed E-state index contributed by atoms with van der Waals surface area (Å²) in [7, 11) is 0. The van der Waals surface area contributed by atoms with Crippen molar-refractivity contribution in [3.63, 3.8) is 0 Å². The highest BCUT2D eigenvalue weighted by Crippen LogP contribution is 2.35. The maximum Gasteiger partial charge on any atom is 0.0853 e. The molecule has 1 aliphatic rings. The fourth-order valence-corrected chi connectivity index (χ4v) is 4.42. The molecule has 0 saturated heterocycles. The van der Waals surface area contributed by atoms with Crippen molar-refractivity contribution in [1.29, 1.82) is 0 Å². The van der Waals surface area contributed by atoms with E-state index in [0.717, 1.165) is 37.9 Å². The number of anilines is 2. The van der Waals surface area contributed by atoms with Crippen LogP contribution in [0.1, 0.15) is 28.8 Å². The molecule has 2 aromatic heterocycles. The second-order valence-corrected chi connectivity index (χ2v) is 7.74. The molecule has 0 amide bonds. The standard InChI is InChI=1S/C25H25N3O/c29-17-21-15-22(10-12-26-21)28-13-11-19-14-18(8-9-25(19)28)4-3-5-20-16-27-24-7-2-1-6-23(20)24/h1-2,6-10,12,14-16,27,29H,3-5,11,13,17H2. The van der Waals surface area contributed by atoms with E-state index in [0.29, 0.717) is 5.69 Å². The van der Waals surface area contributed by atoms with Gasteiger partial charge < -0.3 is 15.0 Å². The lowest BCUT2D eigenvalue weighted by atomic mass is 10.0. The summed E-state index contributed by atoms with van der Waals surface area (Å²) >= 11 is 0. The zero-order chi connectivity index (χ0) is 19.6. The Morgan fingerprint density at radius 3 is 2.90 bits per heavy atom. The number of H-pyrrole nitrogens is 1. The van der Waals surface area contributed by atoms with Gasteiger partial charge in [0.2, 0.25) is 0 Å². The molecule has 0 radical (unpaired) electrons. The van der Waals surface area contributed by atoms with Gasteiger partial charge in [-0.3, -0.25) is 4.98 Å². The zero-order valence-electron chi connectivity index (χ0n) is 16.4. The number of hydrogen-bond acceptors (Lipinski definition) is 3. The van der Waals surface area contributed by atoms with Crippen molar-refractivity contribution in [2.45, 2.75) is 32.3 Å². The van der Waals surface area contributed by atoms with E-state index in [1.165, 1.54) is 33.3 Å². The molecule has 4 heteroatoms. The quantitative estimate of drug-likeness (QED) is 0.497. The first kappa shape index (κ1) is 18.0. The van der Waals surface area contributed by atoms with Crippen molar-refractivity contribution >= 4 is 22.3 Å². The summed E-state index contributed by atoms with van der Waals surface area (Å²) in [6, 6.07) is 19.4. The Hall–Kier alpha value is -3.11. The second-order valence-electron chi connectivity index (χ2n) is 7.74. The molecule has 0 spiro atoms. The topological polar surface area (TPSA) is 52.1 Å². The van der Waals surface area contributed by atoms with Crippen LogP contribution in [0.3, 0.4) is 0 Å². The third-order valence-corrected chi connectivity index (χ3v) is 5.90. The minimum absolute atomic E-state index is 0.0239. The fourth-order valence-electron chi connectivity index (χ4n) is 4.42. The molecule has 146 valence electrons. The Labute approximate surface area is 170 Å². The van der Waals surface area contributed by atoms with Crippen LogP contribution in [0.5, 0.6) is 0 Å². The lowest BCUT2D eigenvalue weighted by molar-refractivity contribution is 0.277.